The van der Waals surface area contributed by atoms with E-state index in [0.717, 1.165) is 13.0 Å². The molecule has 3 rings (SSSR count). The Kier molecular flexibility index (Phi) is 4.41. The predicted octanol–water partition coefficient (Wildman–Crippen LogP) is 3.37. The van der Waals surface area contributed by atoms with Gasteiger partial charge in [-0.3, -0.25) is 9.59 Å². The van der Waals surface area contributed by atoms with E-state index in [1.54, 1.807) is 0 Å². The molecule has 1 heterocycles. The number of hydrogen-bond acceptors (Lipinski definition) is 2. The van der Waals surface area contributed by atoms with Crippen molar-refractivity contribution in [1.82, 2.24) is 4.90 Å². The highest BCUT2D eigenvalue weighted by atomic mass is 16.4. The molecular weight excluding hydrogens is 302 g/mol. The molecule has 1 aliphatic heterocycles. The molecule has 0 unspecified atom stereocenters. The first kappa shape index (κ1) is 17.0. The first-order valence-electron chi connectivity index (χ1n) is 8.89. The molecule has 1 aromatic rings. The highest BCUT2D eigenvalue weighted by Gasteiger charge is 2.36. The van der Waals surface area contributed by atoms with E-state index in [4.69, 9.17) is 5.11 Å². The number of benzene rings is 1. The standard InChI is InChI=1S/C20H27NO3/c1-20(2,3)17-7-6-13-8-9-21(12-16(13)11-17)18(22)14-4-5-15(10-14)19(23)24/h6-7,11,14-15H,4-5,8-10,12H2,1-3H3,(H,23,24)/t14-,15+/m1/s1. The Morgan fingerprint density at radius 2 is 1.83 bits per heavy atom. The van der Waals surface area contributed by atoms with Crippen LogP contribution < -0.4 is 0 Å². The molecule has 0 spiro atoms. The van der Waals surface area contributed by atoms with Crippen LogP contribution in [0.5, 0.6) is 0 Å². The van der Waals surface area contributed by atoms with Crippen molar-refractivity contribution in [3.05, 3.63) is 34.9 Å². The molecule has 1 aliphatic carbocycles. The van der Waals surface area contributed by atoms with Gasteiger partial charge in [0.15, 0.2) is 0 Å². The van der Waals surface area contributed by atoms with Crippen LogP contribution in [0.2, 0.25) is 0 Å². The fourth-order valence-corrected chi connectivity index (χ4v) is 3.90. The number of aliphatic carboxylic acids is 1. The Morgan fingerprint density at radius 3 is 2.46 bits per heavy atom. The Balaban J connectivity index is 1.72. The topological polar surface area (TPSA) is 57.6 Å². The maximum atomic E-state index is 12.8. The largest absolute Gasteiger partial charge is 0.481 e. The first-order valence-corrected chi connectivity index (χ1v) is 8.89. The molecule has 1 aromatic carbocycles. The molecule has 2 atom stereocenters. The van der Waals surface area contributed by atoms with Gasteiger partial charge in [0.2, 0.25) is 5.91 Å². The van der Waals surface area contributed by atoms with Gasteiger partial charge in [-0.2, -0.15) is 0 Å². The van der Waals surface area contributed by atoms with Crippen LogP contribution in [0.15, 0.2) is 18.2 Å². The summed E-state index contributed by atoms with van der Waals surface area (Å²) in [7, 11) is 0. The van der Waals surface area contributed by atoms with Gasteiger partial charge in [-0.25, -0.2) is 0 Å². The van der Waals surface area contributed by atoms with Crippen LogP contribution in [0.4, 0.5) is 0 Å². The van der Waals surface area contributed by atoms with E-state index >= 15 is 0 Å². The third-order valence-corrected chi connectivity index (χ3v) is 5.53. The summed E-state index contributed by atoms with van der Waals surface area (Å²) in [5.41, 5.74) is 3.97. The number of fused-ring (bicyclic) bond motifs is 1. The Hall–Kier alpha value is -1.84. The maximum Gasteiger partial charge on any atom is 0.306 e. The number of amides is 1. The Bertz CT molecular complexity index is 659. The number of carboxylic acids is 1. The molecule has 0 aromatic heterocycles. The highest BCUT2D eigenvalue weighted by molar-refractivity contribution is 5.81. The second-order valence-electron chi connectivity index (χ2n) is 8.29. The average molecular weight is 329 g/mol. The zero-order valence-corrected chi connectivity index (χ0v) is 14.8. The van der Waals surface area contributed by atoms with Gasteiger partial charge in [-0.1, -0.05) is 39.0 Å². The molecule has 2 aliphatic rings. The second kappa shape index (κ2) is 6.23. The minimum Gasteiger partial charge on any atom is -0.481 e. The number of carbonyl (C=O) groups excluding carboxylic acids is 1. The molecule has 0 radical (unpaired) electrons. The van der Waals surface area contributed by atoms with Gasteiger partial charge in [0, 0.05) is 19.0 Å². The third-order valence-electron chi connectivity index (χ3n) is 5.53. The molecule has 24 heavy (non-hydrogen) atoms. The number of carbonyl (C=O) groups is 2. The van der Waals surface area contributed by atoms with Crippen molar-refractivity contribution in [3.8, 4) is 0 Å². The van der Waals surface area contributed by atoms with Crippen molar-refractivity contribution in [2.24, 2.45) is 11.8 Å². The summed E-state index contributed by atoms with van der Waals surface area (Å²) in [5, 5.41) is 9.14. The highest BCUT2D eigenvalue weighted by Crippen LogP contribution is 2.34. The number of nitrogens with zero attached hydrogens (tertiary/aromatic N) is 1. The SMILES string of the molecule is CC(C)(C)c1ccc2c(c1)CN(C(=O)[C@@H]1CC[C@H](C(=O)O)C1)CC2. The van der Waals surface area contributed by atoms with Crippen molar-refractivity contribution in [2.75, 3.05) is 6.54 Å². The van der Waals surface area contributed by atoms with Crippen LogP contribution in [0.25, 0.3) is 0 Å². The number of hydrogen-bond donors (Lipinski definition) is 1. The van der Waals surface area contributed by atoms with E-state index in [0.29, 0.717) is 25.8 Å². The average Bonchev–Trinajstić information content (AvgIpc) is 3.02. The molecule has 1 saturated carbocycles. The quantitative estimate of drug-likeness (QED) is 0.905. The summed E-state index contributed by atoms with van der Waals surface area (Å²) in [4.78, 5) is 25.8. The monoisotopic (exact) mass is 329 g/mol. The molecule has 0 bridgehead atoms. The normalized spacial score (nSPS) is 23.9. The smallest absolute Gasteiger partial charge is 0.306 e. The maximum absolute atomic E-state index is 12.8. The summed E-state index contributed by atoms with van der Waals surface area (Å²) in [6.45, 7) is 8.00. The lowest BCUT2D eigenvalue weighted by Crippen LogP contribution is -2.39. The number of rotatable bonds is 2. The zero-order chi connectivity index (χ0) is 17.5. The fraction of sp³-hybridized carbons (Fsp3) is 0.600. The van der Waals surface area contributed by atoms with Gasteiger partial charge in [-0.05, 0) is 47.8 Å². The molecule has 4 heteroatoms. The van der Waals surface area contributed by atoms with Gasteiger partial charge >= 0.3 is 5.97 Å². The van der Waals surface area contributed by atoms with Crippen molar-refractivity contribution in [1.29, 1.82) is 0 Å². The lowest BCUT2D eigenvalue weighted by molar-refractivity contribution is -0.141. The Morgan fingerprint density at radius 1 is 1.12 bits per heavy atom. The molecule has 130 valence electrons. The summed E-state index contributed by atoms with van der Waals surface area (Å²) < 4.78 is 0. The summed E-state index contributed by atoms with van der Waals surface area (Å²) in [6.07, 6.45) is 2.73. The van der Waals surface area contributed by atoms with Crippen molar-refractivity contribution < 1.29 is 14.7 Å². The van der Waals surface area contributed by atoms with Crippen molar-refractivity contribution in [2.45, 2.75) is 58.4 Å². The summed E-state index contributed by atoms with van der Waals surface area (Å²) in [6, 6.07) is 6.64. The van der Waals surface area contributed by atoms with Crippen molar-refractivity contribution in [3.63, 3.8) is 0 Å². The molecule has 0 saturated heterocycles. The summed E-state index contributed by atoms with van der Waals surface area (Å²) in [5.74, 6) is -1.07. The van der Waals surface area contributed by atoms with Gasteiger partial charge in [0.1, 0.15) is 0 Å². The van der Waals surface area contributed by atoms with Gasteiger partial charge in [0.05, 0.1) is 5.92 Å². The molecule has 1 fully saturated rings. The fourth-order valence-electron chi connectivity index (χ4n) is 3.90. The first-order chi connectivity index (χ1) is 11.3. The van der Waals surface area contributed by atoms with E-state index in [9.17, 15) is 9.59 Å². The van der Waals surface area contributed by atoms with E-state index in [1.807, 2.05) is 4.90 Å². The zero-order valence-electron chi connectivity index (χ0n) is 14.8. The number of carboxylic acid groups (broad SMARTS) is 1. The second-order valence-corrected chi connectivity index (χ2v) is 8.29. The molecule has 4 nitrogen and oxygen atoms in total. The van der Waals surface area contributed by atoms with Crippen LogP contribution in [0.1, 0.15) is 56.7 Å². The van der Waals surface area contributed by atoms with E-state index < -0.39 is 5.97 Å². The minimum absolute atomic E-state index is 0.0987. The van der Waals surface area contributed by atoms with Crippen LogP contribution in [0, 0.1) is 11.8 Å². The van der Waals surface area contributed by atoms with E-state index in [-0.39, 0.29) is 23.2 Å². The molecular formula is C20H27NO3. The third kappa shape index (κ3) is 3.33. The van der Waals surface area contributed by atoms with Gasteiger partial charge < -0.3 is 10.0 Å². The van der Waals surface area contributed by atoms with Crippen LogP contribution in [-0.4, -0.2) is 28.4 Å². The summed E-state index contributed by atoms with van der Waals surface area (Å²) >= 11 is 0. The van der Waals surface area contributed by atoms with Crippen LogP contribution >= 0.6 is 0 Å². The van der Waals surface area contributed by atoms with Gasteiger partial charge in [0.25, 0.3) is 0 Å². The lowest BCUT2D eigenvalue weighted by atomic mass is 9.84. The molecule has 1 amide bonds. The molecule has 1 N–H and O–H groups in total. The van der Waals surface area contributed by atoms with Crippen LogP contribution in [0.3, 0.4) is 0 Å². The van der Waals surface area contributed by atoms with Crippen molar-refractivity contribution >= 4 is 11.9 Å². The van der Waals surface area contributed by atoms with E-state index in [2.05, 4.69) is 39.0 Å². The Labute approximate surface area is 143 Å². The minimum atomic E-state index is -0.760. The predicted molar refractivity (Wildman–Crippen MR) is 92.7 cm³/mol. The van der Waals surface area contributed by atoms with Gasteiger partial charge in [-0.15, -0.1) is 0 Å². The van der Waals surface area contributed by atoms with E-state index in [1.165, 1.54) is 16.7 Å². The van der Waals surface area contributed by atoms with Crippen LogP contribution in [-0.2, 0) is 28.0 Å². The lowest BCUT2D eigenvalue weighted by Gasteiger charge is -2.32.